The molecule has 0 unspecified atom stereocenters. The van der Waals surface area contributed by atoms with E-state index in [1.54, 1.807) is 6.07 Å². The van der Waals surface area contributed by atoms with Gasteiger partial charge in [-0.2, -0.15) is 0 Å². The van der Waals surface area contributed by atoms with Crippen LogP contribution in [-0.2, 0) is 10.0 Å². The Morgan fingerprint density at radius 3 is 2.87 bits per heavy atom. The summed E-state index contributed by atoms with van der Waals surface area (Å²) in [5.41, 5.74) is 5.24. The minimum absolute atomic E-state index is 0.132. The molecule has 0 saturated carbocycles. The van der Waals surface area contributed by atoms with Gasteiger partial charge in [-0.25, -0.2) is 13.1 Å². The molecule has 0 aliphatic carbocycles. The van der Waals surface area contributed by atoms with Gasteiger partial charge in [0, 0.05) is 25.4 Å². The summed E-state index contributed by atoms with van der Waals surface area (Å²) in [6.07, 6.45) is 3.13. The largest absolute Gasteiger partial charge is 0.393 e. The number of hydrogen-bond acceptors (Lipinski definition) is 4. The zero-order chi connectivity index (χ0) is 11.3. The highest BCUT2D eigenvalue weighted by molar-refractivity contribution is 7.89. The molecule has 15 heavy (non-hydrogen) atoms. The van der Waals surface area contributed by atoms with Crippen LogP contribution in [0.5, 0.6) is 0 Å². The molecule has 3 N–H and O–H groups in total. The maximum absolute atomic E-state index is 11.6. The molecule has 0 bridgehead atoms. The van der Waals surface area contributed by atoms with E-state index in [4.69, 9.17) is 5.73 Å². The molecule has 1 aromatic rings. The van der Waals surface area contributed by atoms with Crippen molar-refractivity contribution >= 4 is 27.2 Å². The summed E-state index contributed by atoms with van der Waals surface area (Å²) in [7, 11) is -3.48. The smallest absolute Gasteiger partial charge is 0.242 e. The molecule has 0 aliphatic rings. The third-order valence-corrected chi connectivity index (χ3v) is 3.26. The summed E-state index contributed by atoms with van der Waals surface area (Å²) >= 11 is 4.63. The minimum atomic E-state index is -3.48. The van der Waals surface area contributed by atoms with Crippen molar-refractivity contribution in [2.24, 2.45) is 5.73 Å². The maximum Gasteiger partial charge on any atom is 0.242 e. The number of aromatic nitrogens is 1. The van der Waals surface area contributed by atoms with Crippen LogP contribution in [0.25, 0.3) is 0 Å². The van der Waals surface area contributed by atoms with Crippen molar-refractivity contribution < 1.29 is 8.42 Å². The van der Waals surface area contributed by atoms with Gasteiger partial charge < -0.3 is 5.73 Å². The number of rotatable bonds is 5. The molecule has 1 rings (SSSR count). The first-order valence-electron chi connectivity index (χ1n) is 4.20. The number of nitrogens with zero attached hydrogens (tertiary/aromatic N) is 1. The van der Waals surface area contributed by atoms with E-state index in [-0.39, 0.29) is 16.4 Å². The Labute approximate surface area is 93.8 Å². The lowest BCUT2D eigenvalue weighted by Crippen LogP contribution is -2.27. The van der Waals surface area contributed by atoms with Crippen molar-refractivity contribution in [3.05, 3.63) is 24.5 Å². The lowest BCUT2D eigenvalue weighted by atomic mass is 10.4. The molecule has 0 spiro atoms. The van der Waals surface area contributed by atoms with Crippen molar-refractivity contribution in [3.8, 4) is 0 Å². The Morgan fingerprint density at radius 1 is 1.60 bits per heavy atom. The second kappa shape index (κ2) is 5.15. The van der Waals surface area contributed by atoms with E-state index in [0.29, 0.717) is 6.42 Å². The number of sulfonamides is 1. The standard InChI is InChI=1S/C8H11N3O2S2/c9-8(14)3-5-11-15(12,13)7-2-1-4-10-6-7/h1-2,4,6,11H,3,5H2,(H2,9,14). The lowest BCUT2D eigenvalue weighted by Gasteiger charge is -2.04. The molecule has 0 aliphatic heterocycles. The predicted molar refractivity (Wildman–Crippen MR) is 60.8 cm³/mol. The molecule has 0 amide bonds. The third-order valence-electron chi connectivity index (χ3n) is 1.61. The normalized spacial score (nSPS) is 11.2. The van der Waals surface area contributed by atoms with Crippen LogP contribution in [0.15, 0.2) is 29.4 Å². The van der Waals surface area contributed by atoms with E-state index < -0.39 is 10.0 Å². The average Bonchev–Trinajstić information content (AvgIpc) is 2.18. The second-order valence-electron chi connectivity index (χ2n) is 2.80. The van der Waals surface area contributed by atoms with Gasteiger partial charge >= 0.3 is 0 Å². The molecule has 0 atom stereocenters. The molecule has 5 nitrogen and oxygen atoms in total. The zero-order valence-corrected chi connectivity index (χ0v) is 9.51. The average molecular weight is 245 g/mol. The third kappa shape index (κ3) is 3.90. The van der Waals surface area contributed by atoms with Crippen molar-refractivity contribution in [3.63, 3.8) is 0 Å². The lowest BCUT2D eigenvalue weighted by molar-refractivity contribution is 0.582. The fraction of sp³-hybridized carbons (Fsp3) is 0.250. The highest BCUT2D eigenvalue weighted by Crippen LogP contribution is 2.04. The first-order valence-corrected chi connectivity index (χ1v) is 6.09. The molecule has 0 fully saturated rings. The Hall–Kier alpha value is -1.05. The van der Waals surface area contributed by atoms with E-state index in [0.717, 1.165) is 0 Å². The molecule has 1 aromatic heterocycles. The number of thiocarbonyl (C=S) groups is 1. The topological polar surface area (TPSA) is 85.1 Å². The zero-order valence-electron chi connectivity index (χ0n) is 7.88. The molecular weight excluding hydrogens is 234 g/mol. The molecule has 0 aromatic carbocycles. The van der Waals surface area contributed by atoms with Crippen LogP contribution in [0.2, 0.25) is 0 Å². The molecule has 82 valence electrons. The quantitative estimate of drug-likeness (QED) is 0.715. The Morgan fingerprint density at radius 2 is 2.33 bits per heavy atom. The molecular formula is C8H11N3O2S2. The van der Waals surface area contributed by atoms with Crippen molar-refractivity contribution in [2.75, 3.05) is 6.54 Å². The van der Waals surface area contributed by atoms with E-state index in [1.165, 1.54) is 18.5 Å². The Balaban J connectivity index is 2.65. The fourth-order valence-electron chi connectivity index (χ4n) is 0.898. The highest BCUT2D eigenvalue weighted by Gasteiger charge is 2.12. The van der Waals surface area contributed by atoms with Gasteiger partial charge in [-0.05, 0) is 12.1 Å². The summed E-state index contributed by atoms with van der Waals surface area (Å²) in [6, 6.07) is 3.03. The van der Waals surface area contributed by atoms with Crippen molar-refractivity contribution in [2.45, 2.75) is 11.3 Å². The summed E-state index contributed by atoms with van der Waals surface area (Å²) in [5.74, 6) is 0. The van der Waals surface area contributed by atoms with Crippen molar-refractivity contribution in [1.29, 1.82) is 0 Å². The molecule has 1 heterocycles. The van der Waals surface area contributed by atoms with Crippen LogP contribution in [0, 0.1) is 0 Å². The SMILES string of the molecule is NC(=S)CCNS(=O)(=O)c1cccnc1. The second-order valence-corrected chi connectivity index (χ2v) is 5.09. The number of nitrogens with two attached hydrogens (primary N) is 1. The van der Waals surface area contributed by atoms with Gasteiger partial charge in [-0.1, -0.05) is 12.2 Å². The minimum Gasteiger partial charge on any atom is -0.393 e. The van der Waals surface area contributed by atoms with Gasteiger partial charge in [0.05, 0.1) is 4.99 Å². The van der Waals surface area contributed by atoms with Gasteiger partial charge in [0.15, 0.2) is 0 Å². The van der Waals surface area contributed by atoms with Crippen LogP contribution in [0.4, 0.5) is 0 Å². The van der Waals surface area contributed by atoms with Gasteiger partial charge in [-0.15, -0.1) is 0 Å². The van der Waals surface area contributed by atoms with E-state index in [1.807, 2.05) is 0 Å². The van der Waals surface area contributed by atoms with Gasteiger partial charge in [0.25, 0.3) is 0 Å². The van der Waals surface area contributed by atoms with Crippen LogP contribution in [-0.4, -0.2) is 24.9 Å². The van der Waals surface area contributed by atoms with Gasteiger partial charge in [0.2, 0.25) is 10.0 Å². The fourth-order valence-corrected chi connectivity index (χ4v) is 1.99. The van der Waals surface area contributed by atoms with Gasteiger partial charge in [-0.3, -0.25) is 4.98 Å². The van der Waals surface area contributed by atoms with E-state index in [2.05, 4.69) is 21.9 Å². The highest BCUT2D eigenvalue weighted by atomic mass is 32.2. The Bertz CT molecular complexity index is 430. The number of pyridine rings is 1. The summed E-state index contributed by atoms with van der Waals surface area (Å²) in [6.45, 7) is 0.201. The van der Waals surface area contributed by atoms with Crippen LogP contribution in [0.3, 0.4) is 0 Å². The first-order chi connectivity index (χ1) is 7.02. The monoisotopic (exact) mass is 245 g/mol. The maximum atomic E-state index is 11.6. The molecule has 0 saturated heterocycles. The molecule has 7 heteroatoms. The predicted octanol–water partition coefficient (Wildman–Crippen LogP) is 0.0361. The Kier molecular flexibility index (Phi) is 4.13. The van der Waals surface area contributed by atoms with Crippen molar-refractivity contribution in [1.82, 2.24) is 9.71 Å². The van der Waals surface area contributed by atoms with E-state index >= 15 is 0 Å². The molecule has 0 radical (unpaired) electrons. The van der Waals surface area contributed by atoms with Crippen LogP contribution >= 0.6 is 12.2 Å². The number of nitrogens with one attached hydrogen (secondary N) is 1. The summed E-state index contributed by atoms with van der Waals surface area (Å²) in [5, 5.41) is 0. The van der Waals surface area contributed by atoms with E-state index in [9.17, 15) is 8.42 Å². The van der Waals surface area contributed by atoms with Crippen LogP contribution < -0.4 is 10.5 Å². The van der Waals surface area contributed by atoms with Gasteiger partial charge in [0.1, 0.15) is 4.90 Å². The van der Waals surface area contributed by atoms with Crippen LogP contribution in [0.1, 0.15) is 6.42 Å². The number of hydrogen-bond donors (Lipinski definition) is 2. The summed E-state index contributed by atoms with van der Waals surface area (Å²) in [4.78, 5) is 4.14. The first kappa shape index (κ1) is 12.0. The summed E-state index contributed by atoms with van der Waals surface area (Å²) < 4.78 is 25.5.